The van der Waals surface area contributed by atoms with Gasteiger partial charge in [0.05, 0.1) is 22.1 Å². The maximum absolute atomic E-state index is 2.42. The predicted molar refractivity (Wildman–Crippen MR) is 178 cm³/mol. The lowest BCUT2D eigenvalue weighted by Crippen LogP contribution is -1.94. The monoisotopic (exact) mass is 534 g/mol. The molecule has 0 bridgehead atoms. The van der Waals surface area contributed by atoms with Crippen LogP contribution in [0, 0.1) is 0 Å². The Kier molecular flexibility index (Phi) is 4.93. The van der Waals surface area contributed by atoms with E-state index in [9.17, 15) is 0 Å². The van der Waals surface area contributed by atoms with Crippen molar-refractivity contribution < 1.29 is 0 Å². The summed E-state index contributed by atoms with van der Waals surface area (Å²) in [6.07, 6.45) is 0. The molecule has 0 aliphatic carbocycles. The number of para-hydroxylation sites is 3. The summed E-state index contributed by atoms with van der Waals surface area (Å²) in [5.41, 5.74) is 9.73. The second-order valence-corrected chi connectivity index (χ2v) is 11.0. The molecule has 0 saturated heterocycles. The van der Waals surface area contributed by atoms with E-state index in [2.05, 4.69) is 167 Å². The molecular formula is C40H26N2. The van der Waals surface area contributed by atoms with Gasteiger partial charge in [-0.3, -0.25) is 0 Å². The maximum atomic E-state index is 2.42. The number of nitrogens with zero attached hydrogens (tertiary/aromatic N) is 2. The second kappa shape index (κ2) is 8.95. The first kappa shape index (κ1) is 23.1. The van der Waals surface area contributed by atoms with E-state index in [0.717, 1.165) is 0 Å². The van der Waals surface area contributed by atoms with Gasteiger partial charge in [-0.1, -0.05) is 103 Å². The zero-order valence-electron chi connectivity index (χ0n) is 22.9. The number of hydrogen-bond acceptors (Lipinski definition) is 0. The van der Waals surface area contributed by atoms with Gasteiger partial charge in [0, 0.05) is 38.3 Å². The minimum absolute atomic E-state index is 1.18. The van der Waals surface area contributed by atoms with Crippen molar-refractivity contribution in [2.45, 2.75) is 0 Å². The van der Waals surface area contributed by atoms with E-state index in [1.807, 2.05) is 0 Å². The fourth-order valence-electron chi connectivity index (χ4n) is 6.81. The third kappa shape index (κ3) is 3.33. The molecule has 9 rings (SSSR count). The molecule has 196 valence electrons. The normalized spacial score (nSPS) is 11.8. The SMILES string of the molecule is c1ccc(-n2c3ccccc3c3cc(-c4ccc5c(c4)c4ccc6ccccc6c4n5-c4ccccc4)ccc32)cc1. The molecule has 0 radical (unpaired) electrons. The summed E-state index contributed by atoms with van der Waals surface area (Å²) in [5.74, 6) is 0. The molecule has 2 heterocycles. The van der Waals surface area contributed by atoms with Crippen LogP contribution >= 0.6 is 0 Å². The third-order valence-corrected chi connectivity index (χ3v) is 8.69. The largest absolute Gasteiger partial charge is 0.309 e. The zero-order chi connectivity index (χ0) is 27.6. The first-order valence-corrected chi connectivity index (χ1v) is 14.5. The molecule has 0 unspecified atom stereocenters. The topological polar surface area (TPSA) is 9.86 Å². The first-order chi connectivity index (χ1) is 20.8. The van der Waals surface area contributed by atoms with Crippen molar-refractivity contribution in [3.8, 4) is 22.5 Å². The van der Waals surface area contributed by atoms with Crippen molar-refractivity contribution in [3.63, 3.8) is 0 Å². The molecule has 0 aliphatic rings. The summed E-state index contributed by atoms with van der Waals surface area (Å²) in [5, 5.41) is 7.61. The van der Waals surface area contributed by atoms with Crippen LogP contribution in [0.25, 0.3) is 76.9 Å². The number of hydrogen-bond donors (Lipinski definition) is 0. The molecule has 2 nitrogen and oxygen atoms in total. The minimum Gasteiger partial charge on any atom is -0.309 e. The molecule has 2 aromatic heterocycles. The molecule has 0 N–H and O–H groups in total. The van der Waals surface area contributed by atoms with E-state index in [4.69, 9.17) is 0 Å². The zero-order valence-corrected chi connectivity index (χ0v) is 22.9. The Morgan fingerprint density at radius 2 is 0.833 bits per heavy atom. The van der Waals surface area contributed by atoms with Crippen LogP contribution in [0.1, 0.15) is 0 Å². The Balaban J connectivity index is 1.31. The lowest BCUT2D eigenvalue weighted by atomic mass is 10.00. The highest BCUT2D eigenvalue weighted by Crippen LogP contribution is 2.40. The van der Waals surface area contributed by atoms with Crippen molar-refractivity contribution in [2.24, 2.45) is 0 Å². The Bertz CT molecular complexity index is 2440. The molecule has 0 fully saturated rings. The summed E-state index contributed by atoms with van der Waals surface area (Å²) < 4.78 is 4.80. The van der Waals surface area contributed by atoms with Gasteiger partial charge >= 0.3 is 0 Å². The highest BCUT2D eigenvalue weighted by molar-refractivity contribution is 6.19. The van der Waals surface area contributed by atoms with Crippen molar-refractivity contribution >= 4 is 54.4 Å². The van der Waals surface area contributed by atoms with Crippen molar-refractivity contribution in [3.05, 3.63) is 158 Å². The standard InChI is InChI=1S/C40H26N2/c1-3-12-30(13-4-1)41-37-18-10-9-17-33(37)35-25-28(20-23-38(35)41)29-21-24-39-36(26-29)34-22-19-27-11-7-8-16-32(27)40(34)42(39)31-14-5-2-6-15-31/h1-26H. The molecule has 7 aromatic carbocycles. The van der Waals surface area contributed by atoms with Crippen molar-refractivity contribution in [1.29, 1.82) is 0 Å². The minimum atomic E-state index is 1.18. The second-order valence-electron chi connectivity index (χ2n) is 11.0. The molecule has 0 atom stereocenters. The van der Waals surface area contributed by atoms with E-state index < -0.39 is 0 Å². The van der Waals surface area contributed by atoms with Crippen LogP contribution in [0.4, 0.5) is 0 Å². The van der Waals surface area contributed by atoms with Crippen LogP contribution in [0.5, 0.6) is 0 Å². The summed E-state index contributed by atoms with van der Waals surface area (Å²) in [6.45, 7) is 0. The van der Waals surface area contributed by atoms with Crippen LogP contribution < -0.4 is 0 Å². The van der Waals surface area contributed by atoms with Gasteiger partial charge in [0.1, 0.15) is 0 Å². The summed E-state index contributed by atoms with van der Waals surface area (Å²) in [7, 11) is 0. The van der Waals surface area contributed by atoms with Gasteiger partial charge in [0.15, 0.2) is 0 Å². The number of fused-ring (bicyclic) bond motifs is 8. The summed E-state index contributed by atoms with van der Waals surface area (Å²) in [6, 6.07) is 57.2. The molecule has 0 aliphatic heterocycles. The molecule has 0 spiro atoms. The lowest BCUT2D eigenvalue weighted by Gasteiger charge is -2.10. The predicted octanol–water partition coefficient (Wildman–Crippen LogP) is 10.7. The van der Waals surface area contributed by atoms with Crippen LogP contribution in [0.2, 0.25) is 0 Å². The number of aromatic nitrogens is 2. The number of benzene rings is 7. The molecule has 0 amide bonds. The average Bonchev–Trinajstić information content (AvgIpc) is 3.58. The Hall–Kier alpha value is -5.60. The summed E-state index contributed by atoms with van der Waals surface area (Å²) >= 11 is 0. The summed E-state index contributed by atoms with van der Waals surface area (Å²) in [4.78, 5) is 0. The van der Waals surface area contributed by atoms with Crippen molar-refractivity contribution in [2.75, 3.05) is 0 Å². The maximum Gasteiger partial charge on any atom is 0.0619 e. The fourth-order valence-corrected chi connectivity index (χ4v) is 6.81. The Morgan fingerprint density at radius 3 is 1.55 bits per heavy atom. The highest BCUT2D eigenvalue weighted by Gasteiger charge is 2.17. The van der Waals surface area contributed by atoms with Gasteiger partial charge < -0.3 is 9.13 Å². The smallest absolute Gasteiger partial charge is 0.0619 e. The van der Waals surface area contributed by atoms with E-state index in [1.54, 1.807) is 0 Å². The van der Waals surface area contributed by atoms with Gasteiger partial charge in [-0.05, 0) is 71.1 Å². The Labute approximate surface area is 243 Å². The Morgan fingerprint density at radius 1 is 0.310 bits per heavy atom. The van der Waals surface area contributed by atoms with E-state index in [-0.39, 0.29) is 0 Å². The van der Waals surface area contributed by atoms with Gasteiger partial charge in [0.25, 0.3) is 0 Å². The van der Waals surface area contributed by atoms with Gasteiger partial charge in [0.2, 0.25) is 0 Å². The van der Waals surface area contributed by atoms with E-state index >= 15 is 0 Å². The van der Waals surface area contributed by atoms with Gasteiger partial charge in [-0.2, -0.15) is 0 Å². The van der Waals surface area contributed by atoms with Crippen LogP contribution in [0.3, 0.4) is 0 Å². The molecular weight excluding hydrogens is 508 g/mol. The van der Waals surface area contributed by atoms with Gasteiger partial charge in [-0.15, -0.1) is 0 Å². The third-order valence-electron chi connectivity index (χ3n) is 8.69. The molecule has 9 aromatic rings. The van der Waals surface area contributed by atoms with Gasteiger partial charge in [-0.25, -0.2) is 0 Å². The van der Waals surface area contributed by atoms with E-state index in [1.165, 1.54) is 76.9 Å². The average molecular weight is 535 g/mol. The van der Waals surface area contributed by atoms with Crippen LogP contribution in [0.15, 0.2) is 158 Å². The van der Waals surface area contributed by atoms with Crippen LogP contribution in [-0.4, -0.2) is 9.13 Å². The lowest BCUT2D eigenvalue weighted by molar-refractivity contribution is 1.18. The molecule has 42 heavy (non-hydrogen) atoms. The van der Waals surface area contributed by atoms with E-state index in [0.29, 0.717) is 0 Å². The number of rotatable bonds is 3. The van der Waals surface area contributed by atoms with Crippen molar-refractivity contribution in [1.82, 2.24) is 9.13 Å². The molecule has 0 saturated carbocycles. The highest BCUT2D eigenvalue weighted by atomic mass is 15.0. The molecule has 2 heteroatoms. The quantitative estimate of drug-likeness (QED) is 0.213. The fraction of sp³-hybridized carbons (Fsp3) is 0. The van der Waals surface area contributed by atoms with Crippen LogP contribution in [-0.2, 0) is 0 Å². The first-order valence-electron chi connectivity index (χ1n) is 14.5.